The molecule has 0 saturated carbocycles. The van der Waals surface area contributed by atoms with Crippen molar-refractivity contribution < 1.29 is 4.79 Å². The Labute approximate surface area is 85.8 Å². The first-order chi connectivity index (χ1) is 6.58. The SMILES string of the molecule is CC(C)NC(=O)CN1CCC(N)CC1. The summed E-state index contributed by atoms with van der Waals surface area (Å²) in [6.07, 6.45) is 2.02. The van der Waals surface area contributed by atoms with Crippen molar-refractivity contribution in [3.63, 3.8) is 0 Å². The molecule has 0 spiro atoms. The minimum Gasteiger partial charge on any atom is -0.353 e. The van der Waals surface area contributed by atoms with Crippen molar-refractivity contribution >= 4 is 5.91 Å². The van der Waals surface area contributed by atoms with E-state index < -0.39 is 0 Å². The number of nitrogens with two attached hydrogens (primary N) is 1. The number of hydrogen-bond donors (Lipinski definition) is 2. The lowest BCUT2D eigenvalue weighted by Crippen LogP contribution is -2.45. The number of carbonyl (C=O) groups excluding carboxylic acids is 1. The zero-order chi connectivity index (χ0) is 10.6. The third-order valence-electron chi connectivity index (χ3n) is 2.45. The zero-order valence-corrected chi connectivity index (χ0v) is 9.12. The minimum absolute atomic E-state index is 0.121. The van der Waals surface area contributed by atoms with Crippen LogP contribution in [0.5, 0.6) is 0 Å². The summed E-state index contributed by atoms with van der Waals surface area (Å²) in [5.74, 6) is 0.121. The molecule has 82 valence electrons. The van der Waals surface area contributed by atoms with Crippen molar-refractivity contribution in [3.05, 3.63) is 0 Å². The van der Waals surface area contributed by atoms with Crippen LogP contribution in [0.25, 0.3) is 0 Å². The molecule has 1 aliphatic heterocycles. The topological polar surface area (TPSA) is 58.4 Å². The molecule has 3 N–H and O–H groups in total. The average Bonchev–Trinajstić information content (AvgIpc) is 2.07. The summed E-state index contributed by atoms with van der Waals surface area (Å²) >= 11 is 0. The van der Waals surface area contributed by atoms with Gasteiger partial charge in [0, 0.05) is 25.2 Å². The molecule has 1 fully saturated rings. The van der Waals surface area contributed by atoms with E-state index in [-0.39, 0.29) is 11.9 Å². The highest BCUT2D eigenvalue weighted by molar-refractivity contribution is 5.78. The van der Waals surface area contributed by atoms with Gasteiger partial charge in [-0.1, -0.05) is 0 Å². The Bertz CT molecular complexity index is 186. The van der Waals surface area contributed by atoms with E-state index in [1.807, 2.05) is 13.8 Å². The average molecular weight is 199 g/mol. The van der Waals surface area contributed by atoms with Gasteiger partial charge >= 0.3 is 0 Å². The van der Waals surface area contributed by atoms with Crippen LogP contribution in [0, 0.1) is 0 Å². The molecule has 0 radical (unpaired) electrons. The number of rotatable bonds is 3. The van der Waals surface area contributed by atoms with Crippen LogP contribution >= 0.6 is 0 Å². The first kappa shape index (κ1) is 11.5. The minimum atomic E-state index is 0.121. The maximum absolute atomic E-state index is 11.4. The molecule has 0 aromatic carbocycles. The van der Waals surface area contributed by atoms with E-state index in [0.717, 1.165) is 25.9 Å². The fourth-order valence-corrected chi connectivity index (χ4v) is 1.68. The maximum atomic E-state index is 11.4. The summed E-state index contributed by atoms with van der Waals surface area (Å²) in [4.78, 5) is 13.6. The molecule has 1 aliphatic rings. The number of likely N-dealkylation sites (tertiary alicyclic amines) is 1. The van der Waals surface area contributed by atoms with Crippen LogP contribution in [0.1, 0.15) is 26.7 Å². The van der Waals surface area contributed by atoms with E-state index in [1.165, 1.54) is 0 Å². The molecule has 0 bridgehead atoms. The van der Waals surface area contributed by atoms with Crippen molar-refractivity contribution in [1.29, 1.82) is 0 Å². The summed E-state index contributed by atoms with van der Waals surface area (Å²) in [7, 11) is 0. The van der Waals surface area contributed by atoms with Gasteiger partial charge in [-0.05, 0) is 26.7 Å². The summed E-state index contributed by atoms with van der Waals surface area (Å²) in [5, 5.41) is 2.89. The number of nitrogens with zero attached hydrogens (tertiary/aromatic N) is 1. The molecule has 1 heterocycles. The van der Waals surface area contributed by atoms with Crippen LogP contribution in [0.15, 0.2) is 0 Å². The van der Waals surface area contributed by atoms with E-state index in [2.05, 4.69) is 10.2 Å². The van der Waals surface area contributed by atoms with Gasteiger partial charge in [0.25, 0.3) is 0 Å². The smallest absolute Gasteiger partial charge is 0.234 e. The number of amides is 1. The maximum Gasteiger partial charge on any atom is 0.234 e. The van der Waals surface area contributed by atoms with E-state index in [1.54, 1.807) is 0 Å². The zero-order valence-electron chi connectivity index (χ0n) is 9.12. The van der Waals surface area contributed by atoms with Crippen LogP contribution in [-0.4, -0.2) is 42.5 Å². The van der Waals surface area contributed by atoms with Gasteiger partial charge in [0.1, 0.15) is 0 Å². The molecule has 1 rings (SSSR count). The molecule has 4 nitrogen and oxygen atoms in total. The highest BCUT2D eigenvalue weighted by Crippen LogP contribution is 2.07. The normalized spacial score (nSPS) is 20.0. The van der Waals surface area contributed by atoms with Crippen molar-refractivity contribution in [1.82, 2.24) is 10.2 Å². The largest absolute Gasteiger partial charge is 0.353 e. The van der Waals surface area contributed by atoms with E-state index in [4.69, 9.17) is 5.73 Å². The Morgan fingerprint density at radius 1 is 1.50 bits per heavy atom. The second-order valence-corrected chi connectivity index (χ2v) is 4.34. The molecule has 0 aromatic rings. The lowest BCUT2D eigenvalue weighted by molar-refractivity contribution is -0.123. The molecule has 0 unspecified atom stereocenters. The highest BCUT2D eigenvalue weighted by atomic mass is 16.2. The molecular formula is C10H21N3O. The van der Waals surface area contributed by atoms with Crippen LogP contribution in [0.3, 0.4) is 0 Å². The Morgan fingerprint density at radius 3 is 2.57 bits per heavy atom. The van der Waals surface area contributed by atoms with Gasteiger partial charge in [-0.3, -0.25) is 9.69 Å². The fourth-order valence-electron chi connectivity index (χ4n) is 1.68. The summed E-state index contributed by atoms with van der Waals surface area (Å²) < 4.78 is 0. The monoisotopic (exact) mass is 199 g/mol. The van der Waals surface area contributed by atoms with Gasteiger partial charge in [0.2, 0.25) is 5.91 Å². The first-order valence-electron chi connectivity index (χ1n) is 5.35. The van der Waals surface area contributed by atoms with E-state index in [9.17, 15) is 4.79 Å². The Morgan fingerprint density at radius 2 is 2.07 bits per heavy atom. The Hall–Kier alpha value is -0.610. The molecule has 0 aromatic heterocycles. The van der Waals surface area contributed by atoms with Crippen LogP contribution < -0.4 is 11.1 Å². The predicted molar refractivity (Wildman–Crippen MR) is 56.9 cm³/mol. The number of piperidine rings is 1. The Kier molecular flexibility index (Phi) is 4.35. The van der Waals surface area contributed by atoms with Crippen LogP contribution in [0.4, 0.5) is 0 Å². The molecule has 0 aliphatic carbocycles. The molecular weight excluding hydrogens is 178 g/mol. The molecule has 4 heteroatoms. The second-order valence-electron chi connectivity index (χ2n) is 4.34. The van der Waals surface area contributed by atoms with E-state index in [0.29, 0.717) is 12.6 Å². The van der Waals surface area contributed by atoms with Gasteiger partial charge in [-0.2, -0.15) is 0 Å². The number of hydrogen-bond acceptors (Lipinski definition) is 3. The highest BCUT2D eigenvalue weighted by Gasteiger charge is 2.18. The van der Waals surface area contributed by atoms with E-state index >= 15 is 0 Å². The summed E-state index contributed by atoms with van der Waals surface area (Å²) in [6, 6.07) is 0.564. The lowest BCUT2D eigenvalue weighted by atomic mass is 10.1. The van der Waals surface area contributed by atoms with Crippen LogP contribution in [0.2, 0.25) is 0 Å². The third kappa shape index (κ3) is 4.07. The molecule has 14 heavy (non-hydrogen) atoms. The standard InChI is InChI=1S/C10H21N3O/c1-8(2)12-10(14)7-13-5-3-9(11)4-6-13/h8-9H,3-7,11H2,1-2H3,(H,12,14). The van der Waals surface area contributed by atoms with Crippen molar-refractivity contribution in [2.75, 3.05) is 19.6 Å². The molecule has 1 saturated heterocycles. The van der Waals surface area contributed by atoms with Crippen molar-refractivity contribution in [2.45, 2.75) is 38.8 Å². The predicted octanol–water partition coefficient (Wildman–Crippen LogP) is -0.0659. The second kappa shape index (κ2) is 5.32. The number of nitrogens with one attached hydrogen (secondary N) is 1. The van der Waals surface area contributed by atoms with Crippen LogP contribution in [-0.2, 0) is 4.79 Å². The van der Waals surface area contributed by atoms with Crippen molar-refractivity contribution in [2.24, 2.45) is 5.73 Å². The fraction of sp³-hybridized carbons (Fsp3) is 0.900. The Balaban J connectivity index is 2.20. The first-order valence-corrected chi connectivity index (χ1v) is 5.35. The van der Waals surface area contributed by atoms with Gasteiger partial charge in [-0.25, -0.2) is 0 Å². The van der Waals surface area contributed by atoms with Gasteiger partial charge in [-0.15, -0.1) is 0 Å². The van der Waals surface area contributed by atoms with Gasteiger partial charge in [0.05, 0.1) is 6.54 Å². The molecule has 1 amide bonds. The van der Waals surface area contributed by atoms with Crippen molar-refractivity contribution in [3.8, 4) is 0 Å². The van der Waals surface area contributed by atoms with Gasteiger partial charge < -0.3 is 11.1 Å². The summed E-state index contributed by atoms with van der Waals surface area (Å²) in [5.41, 5.74) is 5.78. The lowest BCUT2D eigenvalue weighted by Gasteiger charge is -2.29. The quantitative estimate of drug-likeness (QED) is 0.669. The third-order valence-corrected chi connectivity index (χ3v) is 2.45. The summed E-state index contributed by atoms with van der Waals surface area (Å²) in [6.45, 7) is 6.37. The number of carbonyl (C=O) groups is 1. The molecule has 0 atom stereocenters. The van der Waals surface area contributed by atoms with Gasteiger partial charge in [0.15, 0.2) is 0 Å².